The molecule has 3 aromatic rings. The highest BCUT2D eigenvalue weighted by molar-refractivity contribution is 5.92. The summed E-state index contributed by atoms with van der Waals surface area (Å²) in [6.45, 7) is 2.20. The lowest BCUT2D eigenvalue weighted by Gasteiger charge is -2.29. The lowest BCUT2D eigenvalue weighted by Crippen LogP contribution is -2.37. The van der Waals surface area contributed by atoms with Crippen LogP contribution in [0.15, 0.2) is 36.5 Å². The fourth-order valence-electron chi connectivity index (χ4n) is 3.57. The number of hydrogen-bond donors (Lipinski definition) is 2. The number of nitrogens with zero attached hydrogens (tertiary/aromatic N) is 4. The van der Waals surface area contributed by atoms with E-state index in [2.05, 4.69) is 32.1 Å². The molecular weight excluding hydrogens is 368 g/mol. The highest BCUT2D eigenvalue weighted by atomic mass is 16.5. The first kappa shape index (κ1) is 19.2. The van der Waals surface area contributed by atoms with Crippen LogP contribution in [-0.2, 0) is 7.05 Å². The average Bonchev–Trinajstić information content (AvgIpc) is 3.04. The Morgan fingerprint density at radius 3 is 2.66 bits per heavy atom. The number of likely N-dealkylation sites (tertiary alicyclic amines) is 1. The van der Waals surface area contributed by atoms with Crippen LogP contribution in [0.5, 0.6) is 11.5 Å². The lowest BCUT2D eigenvalue weighted by molar-refractivity contribution is 0.0958. The third-order valence-electron chi connectivity index (χ3n) is 5.33. The first-order chi connectivity index (χ1) is 14.0. The number of carbonyl (C=O) groups excluding carboxylic acids is 1. The number of pyridine rings is 1. The van der Waals surface area contributed by atoms with E-state index < -0.39 is 0 Å². The molecule has 0 aliphatic carbocycles. The fraction of sp³-hybridized carbons (Fsp3) is 0.381. The number of rotatable bonds is 5. The minimum atomic E-state index is -0.250. The van der Waals surface area contributed by atoms with Crippen molar-refractivity contribution in [3.8, 4) is 11.5 Å². The normalized spacial score (nSPS) is 15.4. The summed E-state index contributed by atoms with van der Waals surface area (Å²) in [5, 5.41) is 6.15. The molecule has 0 radical (unpaired) electrons. The molecule has 1 fully saturated rings. The number of nitrogens with one attached hydrogen (secondary N) is 2. The molecule has 8 nitrogen and oxygen atoms in total. The molecule has 0 saturated carbocycles. The molecule has 8 heteroatoms. The van der Waals surface area contributed by atoms with Gasteiger partial charge in [-0.25, -0.2) is 4.98 Å². The molecule has 1 saturated heterocycles. The number of carbonyl (C=O) groups is 1. The summed E-state index contributed by atoms with van der Waals surface area (Å²) in [4.78, 5) is 22.9. The number of aromatic nitrogens is 3. The monoisotopic (exact) mass is 394 g/mol. The van der Waals surface area contributed by atoms with Crippen molar-refractivity contribution in [2.75, 3.05) is 32.5 Å². The number of hydrogen-bond acceptors (Lipinski definition) is 6. The van der Waals surface area contributed by atoms with Gasteiger partial charge in [0.2, 0.25) is 5.95 Å². The predicted octanol–water partition coefficient (Wildman–Crippen LogP) is 2.63. The third-order valence-corrected chi connectivity index (χ3v) is 5.33. The summed E-state index contributed by atoms with van der Waals surface area (Å²) >= 11 is 0. The predicted molar refractivity (Wildman–Crippen MR) is 113 cm³/mol. The Morgan fingerprint density at radius 2 is 1.90 bits per heavy atom. The molecule has 1 aromatic carbocycles. The molecule has 0 bridgehead atoms. The number of piperidine rings is 1. The molecule has 3 heterocycles. The molecule has 2 N–H and O–H groups in total. The number of ether oxygens (including phenoxy) is 1. The molecule has 4 rings (SSSR count). The second-order valence-electron chi connectivity index (χ2n) is 7.42. The zero-order valence-corrected chi connectivity index (χ0v) is 17.0. The van der Waals surface area contributed by atoms with E-state index in [1.54, 1.807) is 25.4 Å². The van der Waals surface area contributed by atoms with Crippen LogP contribution in [0.2, 0.25) is 0 Å². The minimum absolute atomic E-state index is 0.250. The quantitative estimate of drug-likeness (QED) is 0.692. The molecule has 1 aliphatic heterocycles. The van der Waals surface area contributed by atoms with Crippen molar-refractivity contribution in [3.05, 3.63) is 42.2 Å². The Balaban J connectivity index is 1.53. The van der Waals surface area contributed by atoms with E-state index in [1.807, 2.05) is 25.2 Å². The molecule has 152 valence electrons. The van der Waals surface area contributed by atoms with Crippen molar-refractivity contribution in [1.82, 2.24) is 24.8 Å². The number of imidazole rings is 1. The third kappa shape index (κ3) is 4.17. The highest BCUT2D eigenvalue weighted by Gasteiger charge is 2.19. The number of amides is 1. The topological polar surface area (TPSA) is 84.3 Å². The Morgan fingerprint density at radius 1 is 1.14 bits per heavy atom. The van der Waals surface area contributed by atoms with Gasteiger partial charge in [0.05, 0.1) is 11.0 Å². The van der Waals surface area contributed by atoms with Gasteiger partial charge in [0.25, 0.3) is 5.91 Å². The zero-order chi connectivity index (χ0) is 20.4. The first-order valence-corrected chi connectivity index (χ1v) is 9.81. The number of fused-ring (bicyclic) bond motifs is 1. The maximum atomic E-state index is 11.8. The van der Waals surface area contributed by atoms with E-state index in [0.29, 0.717) is 23.2 Å². The summed E-state index contributed by atoms with van der Waals surface area (Å²) in [6, 6.07) is 9.60. The Kier molecular flexibility index (Phi) is 5.35. The van der Waals surface area contributed by atoms with E-state index >= 15 is 0 Å². The van der Waals surface area contributed by atoms with Crippen LogP contribution in [0.3, 0.4) is 0 Å². The number of anilines is 1. The van der Waals surface area contributed by atoms with Crippen LogP contribution < -0.4 is 15.4 Å². The molecule has 1 amide bonds. The van der Waals surface area contributed by atoms with E-state index in [9.17, 15) is 4.79 Å². The maximum absolute atomic E-state index is 11.8. The van der Waals surface area contributed by atoms with Crippen molar-refractivity contribution in [2.45, 2.75) is 18.9 Å². The Hall–Kier alpha value is -3.13. The molecule has 29 heavy (non-hydrogen) atoms. The summed E-state index contributed by atoms with van der Waals surface area (Å²) < 4.78 is 8.01. The average molecular weight is 394 g/mol. The summed E-state index contributed by atoms with van der Waals surface area (Å²) in [5.74, 6) is 1.84. The SMILES string of the molecule is CNC(=O)c1cc(Oc2ccc3c(c2)nc(NC2CCN(C)CC2)n3C)ccn1. The van der Waals surface area contributed by atoms with Crippen molar-refractivity contribution in [3.63, 3.8) is 0 Å². The highest BCUT2D eigenvalue weighted by Crippen LogP contribution is 2.28. The summed E-state index contributed by atoms with van der Waals surface area (Å²) in [7, 11) is 5.75. The van der Waals surface area contributed by atoms with E-state index in [1.165, 1.54) is 0 Å². The van der Waals surface area contributed by atoms with Crippen LogP contribution in [0, 0.1) is 0 Å². The summed E-state index contributed by atoms with van der Waals surface area (Å²) in [6.07, 6.45) is 3.79. The van der Waals surface area contributed by atoms with Gasteiger partial charge in [0.15, 0.2) is 0 Å². The fourth-order valence-corrected chi connectivity index (χ4v) is 3.57. The standard InChI is InChI=1S/C21H26N6O2/c1-22-20(28)18-13-16(6-9-23-18)29-15-4-5-19-17(12-15)25-21(27(19)3)24-14-7-10-26(2)11-8-14/h4-6,9,12-14H,7-8,10-11H2,1-3H3,(H,22,28)(H,24,25). The van der Waals surface area contributed by atoms with Crippen LogP contribution in [0.25, 0.3) is 11.0 Å². The molecule has 1 aliphatic rings. The lowest BCUT2D eigenvalue weighted by atomic mass is 10.1. The number of benzene rings is 1. The Bertz CT molecular complexity index is 1020. The van der Waals surface area contributed by atoms with Crippen molar-refractivity contribution in [1.29, 1.82) is 0 Å². The van der Waals surface area contributed by atoms with Gasteiger partial charge in [0.1, 0.15) is 17.2 Å². The second-order valence-corrected chi connectivity index (χ2v) is 7.42. The molecular formula is C21H26N6O2. The van der Waals surface area contributed by atoms with Gasteiger partial charge >= 0.3 is 0 Å². The van der Waals surface area contributed by atoms with Gasteiger partial charge in [-0.1, -0.05) is 0 Å². The van der Waals surface area contributed by atoms with Gasteiger partial charge in [-0.3, -0.25) is 9.78 Å². The maximum Gasteiger partial charge on any atom is 0.269 e. The van der Waals surface area contributed by atoms with Gasteiger partial charge in [-0.15, -0.1) is 0 Å². The van der Waals surface area contributed by atoms with E-state index in [-0.39, 0.29) is 5.91 Å². The second kappa shape index (κ2) is 8.08. The minimum Gasteiger partial charge on any atom is -0.457 e. The Labute approximate surface area is 169 Å². The molecule has 0 unspecified atom stereocenters. The molecule has 0 spiro atoms. The summed E-state index contributed by atoms with van der Waals surface area (Å²) in [5.41, 5.74) is 2.21. The van der Waals surface area contributed by atoms with Gasteiger partial charge in [0, 0.05) is 38.5 Å². The molecule has 2 aromatic heterocycles. The largest absolute Gasteiger partial charge is 0.457 e. The van der Waals surface area contributed by atoms with Crippen LogP contribution in [-0.4, -0.2) is 58.6 Å². The zero-order valence-electron chi connectivity index (χ0n) is 17.0. The first-order valence-electron chi connectivity index (χ1n) is 9.81. The van der Waals surface area contributed by atoms with Crippen LogP contribution in [0.1, 0.15) is 23.3 Å². The van der Waals surface area contributed by atoms with Crippen LogP contribution >= 0.6 is 0 Å². The van der Waals surface area contributed by atoms with E-state index in [0.717, 1.165) is 42.9 Å². The van der Waals surface area contributed by atoms with E-state index in [4.69, 9.17) is 9.72 Å². The van der Waals surface area contributed by atoms with Gasteiger partial charge < -0.3 is 24.8 Å². The molecule has 0 atom stereocenters. The van der Waals surface area contributed by atoms with Gasteiger partial charge in [-0.05, 0) is 51.2 Å². The van der Waals surface area contributed by atoms with Crippen molar-refractivity contribution < 1.29 is 9.53 Å². The smallest absolute Gasteiger partial charge is 0.269 e. The van der Waals surface area contributed by atoms with Crippen LogP contribution in [0.4, 0.5) is 5.95 Å². The van der Waals surface area contributed by atoms with Crippen molar-refractivity contribution >= 4 is 22.9 Å². The number of aryl methyl sites for hydroxylation is 1. The van der Waals surface area contributed by atoms with Crippen molar-refractivity contribution in [2.24, 2.45) is 7.05 Å². The van der Waals surface area contributed by atoms with Gasteiger partial charge in [-0.2, -0.15) is 0 Å².